The number of aromatic nitrogens is 3. The van der Waals surface area contributed by atoms with E-state index in [0.717, 1.165) is 60.5 Å². The fraction of sp³-hybridized carbons (Fsp3) is 0. The molecule has 57 heavy (non-hydrogen) atoms. The van der Waals surface area contributed by atoms with Gasteiger partial charge in [-0.15, -0.1) is 0 Å². The third-order valence-electron chi connectivity index (χ3n) is 12.4. The molecule has 4 nitrogen and oxygen atoms in total. The highest BCUT2D eigenvalue weighted by Gasteiger charge is 2.23. The second-order valence-corrected chi connectivity index (χ2v) is 15.2. The maximum Gasteiger partial charge on any atom is 0.263 e. The van der Waals surface area contributed by atoms with Crippen molar-refractivity contribution in [3.05, 3.63) is 198 Å². The highest BCUT2D eigenvalue weighted by atomic mass is 16.1. The second-order valence-electron chi connectivity index (χ2n) is 15.2. The molecule has 13 rings (SSSR count). The van der Waals surface area contributed by atoms with Crippen molar-refractivity contribution in [3.8, 4) is 22.5 Å². The Bertz CT molecular complexity index is 3890. The Morgan fingerprint density at radius 2 is 0.895 bits per heavy atom. The number of hydrogen-bond donors (Lipinski definition) is 0. The van der Waals surface area contributed by atoms with Crippen molar-refractivity contribution in [1.29, 1.82) is 0 Å². The Morgan fingerprint density at radius 3 is 1.65 bits per heavy atom. The highest BCUT2D eigenvalue weighted by molar-refractivity contribution is 6.27. The van der Waals surface area contributed by atoms with Gasteiger partial charge in [0, 0.05) is 54.2 Å². The Hall–Kier alpha value is -7.69. The highest BCUT2D eigenvalue weighted by Crippen LogP contribution is 2.45. The third-order valence-corrected chi connectivity index (χ3v) is 12.4. The van der Waals surface area contributed by atoms with Crippen LogP contribution in [-0.4, -0.2) is 13.5 Å². The molecule has 0 saturated heterocycles. The van der Waals surface area contributed by atoms with Gasteiger partial charge in [0.2, 0.25) is 0 Å². The molecule has 0 aliphatic rings. The molecule has 0 atom stereocenters. The lowest BCUT2D eigenvalue weighted by Crippen LogP contribution is -2.12. The Morgan fingerprint density at radius 1 is 0.333 bits per heavy atom. The summed E-state index contributed by atoms with van der Waals surface area (Å²) in [5.41, 5.74) is 11.3. The van der Waals surface area contributed by atoms with Crippen molar-refractivity contribution < 1.29 is 0 Å². The van der Waals surface area contributed by atoms with Gasteiger partial charge in [-0.2, -0.15) is 0 Å². The van der Waals surface area contributed by atoms with Crippen molar-refractivity contribution in [2.75, 3.05) is 0 Å². The molecule has 0 aliphatic heterocycles. The van der Waals surface area contributed by atoms with Crippen LogP contribution in [0.5, 0.6) is 0 Å². The van der Waals surface area contributed by atoms with E-state index in [1.807, 2.05) is 28.7 Å². The Balaban J connectivity index is 1.15. The van der Waals surface area contributed by atoms with E-state index in [1.54, 1.807) is 0 Å². The number of para-hydroxylation sites is 4. The molecule has 0 aliphatic carbocycles. The summed E-state index contributed by atoms with van der Waals surface area (Å²) in [7, 11) is 0. The lowest BCUT2D eigenvalue weighted by atomic mass is 9.93. The molecule has 4 heteroatoms. The van der Waals surface area contributed by atoms with Crippen molar-refractivity contribution >= 4 is 92.3 Å². The molecule has 9 aromatic carbocycles. The predicted molar refractivity (Wildman–Crippen MR) is 239 cm³/mol. The minimum absolute atomic E-state index is 0.0269. The summed E-state index contributed by atoms with van der Waals surface area (Å²) >= 11 is 0. The van der Waals surface area contributed by atoms with Gasteiger partial charge in [0.25, 0.3) is 5.56 Å². The summed E-state index contributed by atoms with van der Waals surface area (Å²) in [4.78, 5) is 14.0. The molecule has 0 fully saturated rings. The summed E-state index contributed by atoms with van der Waals surface area (Å²) in [5, 5.41) is 12.3. The molecule has 0 radical (unpaired) electrons. The van der Waals surface area contributed by atoms with Crippen molar-refractivity contribution in [2.24, 2.45) is 0 Å². The average molecular weight is 726 g/mol. The maximum absolute atomic E-state index is 14.0. The van der Waals surface area contributed by atoms with Crippen LogP contribution in [-0.2, 0) is 0 Å². The van der Waals surface area contributed by atoms with Gasteiger partial charge in [-0.1, -0.05) is 127 Å². The number of nitrogens with zero attached hydrogens (tertiary/aromatic N) is 3. The average Bonchev–Trinajstić information content (AvgIpc) is 3.91. The zero-order valence-electron chi connectivity index (χ0n) is 30.6. The van der Waals surface area contributed by atoms with Crippen LogP contribution in [0.3, 0.4) is 0 Å². The fourth-order valence-corrected chi connectivity index (χ4v) is 10.0. The molecule has 4 heterocycles. The van der Waals surface area contributed by atoms with Crippen molar-refractivity contribution in [3.63, 3.8) is 0 Å². The van der Waals surface area contributed by atoms with Gasteiger partial charge >= 0.3 is 0 Å². The van der Waals surface area contributed by atoms with Gasteiger partial charge in [-0.25, -0.2) is 0 Å². The normalized spacial score (nSPS) is 12.3. The van der Waals surface area contributed by atoms with Crippen LogP contribution in [0.4, 0.5) is 0 Å². The van der Waals surface area contributed by atoms with Gasteiger partial charge in [0.15, 0.2) is 0 Å². The zero-order valence-corrected chi connectivity index (χ0v) is 30.6. The SMILES string of the molecule is O=c1c2ccccc2c2cc(-c3ccc(-n4c5ccccc5c5ccc6c(c7ccccc7n6-c6ccccc6)c54)c4ccccc34)cc3c4ccccc4n1c23. The first kappa shape index (κ1) is 30.6. The zero-order chi connectivity index (χ0) is 37.4. The molecule has 264 valence electrons. The summed E-state index contributed by atoms with van der Waals surface area (Å²) < 4.78 is 6.83. The minimum Gasteiger partial charge on any atom is -0.309 e. The number of pyridine rings is 1. The topological polar surface area (TPSA) is 31.3 Å². The lowest BCUT2D eigenvalue weighted by Gasteiger charge is -2.16. The van der Waals surface area contributed by atoms with Gasteiger partial charge in [0.1, 0.15) is 0 Å². The molecular weight excluding hydrogens is 695 g/mol. The van der Waals surface area contributed by atoms with E-state index < -0.39 is 0 Å². The van der Waals surface area contributed by atoms with E-state index in [-0.39, 0.29) is 5.56 Å². The van der Waals surface area contributed by atoms with Crippen LogP contribution in [0.1, 0.15) is 0 Å². The molecule has 0 unspecified atom stereocenters. The molecule has 0 bridgehead atoms. The van der Waals surface area contributed by atoms with Gasteiger partial charge in [-0.05, 0) is 82.6 Å². The largest absolute Gasteiger partial charge is 0.309 e. The van der Waals surface area contributed by atoms with E-state index in [2.05, 4.69) is 173 Å². The van der Waals surface area contributed by atoms with Crippen molar-refractivity contribution in [2.45, 2.75) is 0 Å². The third kappa shape index (κ3) is 3.98. The van der Waals surface area contributed by atoms with E-state index in [1.165, 1.54) is 54.4 Å². The molecule has 0 spiro atoms. The first-order chi connectivity index (χ1) is 28.2. The first-order valence-electron chi connectivity index (χ1n) is 19.5. The van der Waals surface area contributed by atoms with Crippen LogP contribution < -0.4 is 5.56 Å². The Labute approximate surface area is 325 Å². The van der Waals surface area contributed by atoms with E-state index in [0.29, 0.717) is 0 Å². The van der Waals surface area contributed by atoms with Gasteiger partial charge in [-0.3, -0.25) is 9.20 Å². The molecule has 13 aromatic rings. The Kier molecular flexibility index (Phi) is 6.01. The smallest absolute Gasteiger partial charge is 0.263 e. The number of benzene rings is 9. The standard InChI is InChI=1S/C53H31N3O/c57-53-41-21-7-5-17-36(41)43-30-32(31-44-39-20-9-12-24-46(39)56(53)51(43)44)34-26-28-48(37-18-6-4-16-35(34)37)55-45-23-11-8-19-38(45)40-27-29-49-50(52(40)55)42-22-10-13-25-47(42)54(49)33-14-2-1-3-15-33/h1-31H. The van der Waals surface area contributed by atoms with Gasteiger partial charge < -0.3 is 9.13 Å². The molecule has 0 amide bonds. The maximum atomic E-state index is 14.0. The predicted octanol–water partition coefficient (Wildman–Crippen LogP) is 13.2. The van der Waals surface area contributed by atoms with Crippen LogP contribution in [0.2, 0.25) is 0 Å². The summed E-state index contributed by atoms with van der Waals surface area (Å²) in [6.45, 7) is 0. The van der Waals surface area contributed by atoms with Crippen LogP contribution >= 0.6 is 0 Å². The molecular formula is C53H31N3O. The summed E-state index contributed by atoms with van der Waals surface area (Å²) in [6.07, 6.45) is 0. The van der Waals surface area contributed by atoms with Crippen LogP contribution in [0.15, 0.2) is 193 Å². The summed E-state index contributed by atoms with van der Waals surface area (Å²) in [5.74, 6) is 0. The van der Waals surface area contributed by atoms with Crippen molar-refractivity contribution in [1.82, 2.24) is 13.5 Å². The van der Waals surface area contributed by atoms with E-state index in [9.17, 15) is 4.79 Å². The number of rotatable bonds is 3. The monoisotopic (exact) mass is 725 g/mol. The van der Waals surface area contributed by atoms with Gasteiger partial charge in [0.05, 0.1) is 38.8 Å². The molecule has 0 N–H and O–H groups in total. The number of hydrogen-bond acceptors (Lipinski definition) is 1. The molecule has 4 aromatic heterocycles. The minimum atomic E-state index is 0.0269. The van der Waals surface area contributed by atoms with Crippen LogP contribution in [0, 0.1) is 0 Å². The molecule has 0 saturated carbocycles. The number of fused-ring (bicyclic) bond motifs is 13. The summed E-state index contributed by atoms with van der Waals surface area (Å²) in [6, 6.07) is 67.3. The lowest BCUT2D eigenvalue weighted by molar-refractivity contribution is 1.18. The first-order valence-corrected chi connectivity index (χ1v) is 19.5. The quantitative estimate of drug-likeness (QED) is 0.167. The van der Waals surface area contributed by atoms with E-state index in [4.69, 9.17) is 0 Å². The van der Waals surface area contributed by atoms with Crippen LogP contribution in [0.25, 0.3) is 115 Å². The van der Waals surface area contributed by atoms with E-state index >= 15 is 0 Å². The second kappa shape index (κ2) is 11.2. The fourth-order valence-electron chi connectivity index (χ4n) is 10.0.